The van der Waals surface area contributed by atoms with Crippen molar-refractivity contribution in [3.63, 3.8) is 0 Å². The van der Waals surface area contributed by atoms with Crippen LogP contribution in [0.2, 0.25) is 0 Å². The van der Waals surface area contributed by atoms with Crippen molar-refractivity contribution in [2.75, 3.05) is 5.32 Å². The van der Waals surface area contributed by atoms with E-state index in [1.165, 1.54) is 6.07 Å². The van der Waals surface area contributed by atoms with Crippen LogP contribution in [0.25, 0.3) is 0 Å². The van der Waals surface area contributed by atoms with E-state index < -0.39 is 29.5 Å². The van der Waals surface area contributed by atoms with Gasteiger partial charge in [-0.05, 0) is 35.4 Å². The van der Waals surface area contributed by atoms with Gasteiger partial charge in [0.15, 0.2) is 0 Å². The molecule has 1 aromatic heterocycles. The van der Waals surface area contributed by atoms with Crippen LogP contribution in [-0.4, -0.2) is 28.1 Å². The molecule has 30 heavy (non-hydrogen) atoms. The topological polar surface area (TPSA) is 97.1 Å². The highest BCUT2D eigenvalue weighted by atomic mass is 19.1. The van der Waals surface area contributed by atoms with E-state index in [1.54, 1.807) is 0 Å². The fraction of sp³-hybridized carbons (Fsp3) is 0.238. The SMILES string of the molecule is O=C(N[C@@H]1C(=O)Nc2c(F)cc(F)cc2[C@@H]2C[C@H]12)c1nnc(Cc2ccccc2)o1. The van der Waals surface area contributed by atoms with E-state index in [1.807, 2.05) is 30.3 Å². The molecule has 3 aromatic rings. The number of halogens is 2. The Morgan fingerprint density at radius 2 is 2.00 bits per heavy atom. The van der Waals surface area contributed by atoms with Gasteiger partial charge in [0.2, 0.25) is 11.8 Å². The summed E-state index contributed by atoms with van der Waals surface area (Å²) >= 11 is 0. The van der Waals surface area contributed by atoms with Crippen LogP contribution in [0.4, 0.5) is 14.5 Å². The second kappa shape index (κ2) is 7.01. The maximum atomic E-state index is 14.1. The molecule has 1 fully saturated rings. The zero-order valence-corrected chi connectivity index (χ0v) is 15.6. The minimum absolute atomic E-state index is 0.0337. The van der Waals surface area contributed by atoms with Gasteiger partial charge >= 0.3 is 11.8 Å². The zero-order valence-electron chi connectivity index (χ0n) is 15.6. The molecule has 2 amide bonds. The van der Waals surface area contributed by atoms with Crippen LogP contribution in [0.5, 0.6) is 0 Å². The highest BCUT2D eigenvalue weighted by Gasteiger charge is 2.51. The highest BCUT2D eigenvalue weighted by molar-refractivity contribution is 6.01. The Morgan fingerprint density at radius 1 is 1.20 bits per heavy atom. The van der Waals surface area contributed by atoms with Crippen molar-refractivity contribution in [2.24, 2.45) is 5.92 Å². The molecule has 3 atom stereocenters. The monoisotopic (exact) mass is 410 g/mol. The lowest BCUT2D eigenvalue weighted by molar-refractivity contribution is -0.118. The van der Waals surface area contributed by atoms with Gasteiger partial charge in [-0.25, -0.2) is 8.78 Å². The van der Waals surface area contributed by atoms with E-state index in [0.717, 1.165) is 11.6 Å². The molecule has 152 valence electrons. The number of rotatable bonds is 4. The molecule has 2 aliphatic rings. The standard InChI is InChI=1S/C21H16F2N4O3/c22-11-7-13-12-9-14(12)18(19(28)24-17(13)15(23)8-11)25-20(29)21-27-26-16(30-21)6-10-4-2-1-3-5-10/h1-5,7-8,12,14,18H,6,9H2,(H,24,28)(H,25,29)/t12-,14-,18-/m0/s1. The number of anilines is 1. The summed E-state index contributed by atoms with van der Waals surface area (Å²) in [6, 6.07) is 10.5. The molecule has 2 aromatic carbocycles. The van der Waals surface area contributed by atoms with Crippen molar-refractivity contribution in [3.05, 3.63) is 77.0 Å². The Balaban J connectivity index is 1.32. The average molecular weight is 410 g/mol. The summed E-state index contributed by atoms with van der Waals surface area (Å²) in [4.78, 5) is 25.2. The first kappa shape index (κ1) is 18.4. The molecule has 0 saturated heterocycles. The van der Waals surface area contributed by atoms with Crippen LogP contribution < -0.4 is 10.6 Å². The first-order valence-electron chi connectivity index (χ1n) is 9.46. The Morgan fingerprint density at radius 3 is 2.80 bits per heavy atom. The lowest BCUT2D eigenvalue weighted by atomic mass is 10.1. The molecule has 7 nitrogen and oxygen atoms in total. The van der Waals surface area contributed by atoms with Gasteiger partial charge in [-0.1, -0.05) is 30.3 Å². The summed E-state index contributed by atoms with van der Waals surface area (Å²) in [5, 5.41) is 12.7. The molecular weight excluding hydrogens is 394 g/mol. The Bertz CT molecular complexity index is 1150. The van der Waals surface area contributed by atoms with Crippen molar-refractivity contribution in [1.29, 1.82) is 0 Å². The second-order valence-corrected chi connectivity index (χ2v) is 7.46. The van der Waals surface area contributed by atoms with E-state index in [2.05, 4.69) is 20.8 Å². The van der Waals surface area contributed by atoms with Crippen LogP contribution in [0.3, 0.4) is 0 Å². The number of fused-ring (bicyclic) bond motifs is 3. The van der Waals surface area contributed by atoms with Crippen molar-refractivity contribution in [1.82, 2.24) is 15.5 Å². The van der Waals surface area contributed by atoms with Crippen molar-refractivity contribution in [3.8, 4) is 0 Å². The maximum absolute atomic E-state index is 14.1. The fourth-order valence-corrected chi connectivity index (χ4v) is 3.92. The van der Waals surface area contributed by atoms with E-state index in [-0.39, 0.29) is 29.3 Å². The van der Waals surface area contributed by atoms with Crippen LogP contribution in [0, 0.1) is 17.6 Å². The Labute approximate surface area is 169 Å². The zero-order chi connectivity index (χ0) is 20.8. The largest absolute Gasteiger partial charge is 0.417 e. The van der Waals surface area contributed by atoms with E-state index in [9.17, 15) is 18.4 Å². The minimum Gasteiger partial charge on any atom is -0.417 e. The summed E-state index contributed by atoms with van der Waals surface area (Å²) < 4.78 is 33.2. The molecule has 1 aliphatic heterocycles. The number of hydrogen-bond donors (Lipinski definition) is 2. The van der Waals surface area contributed by atoms with Gasteiger partial charge < -0.3 is 15.1 Å². The summed E-state index contributed by atoms with van der Waals surface area (Å²) in [7, 11) is 0. The molecule has 0 spiro atoms. The number of carbonyl (C=O) groups excluding carboxylic acids is 2. The van der Waals surface area contributed by atoms with Gasteiger partial charge in [-0.3, -0.25) is 9.59 Å². The molecule has 0 bridgehead atoms. The first-order valence-corrected chi connectivity index (χ1v) is 9.46. The van der Waals surface area contributed by atoms with Crippen LogP contribution >= 0.6 is 0 Å². The maximum Gasteiger partial charge on any atom is 0.309 e. The number of carbonyl (C=O) groups is 2. The summed E-state index contributed by atoms with van der Waals surface area (Å²) in [5.41, 5.74) is 1.32. The normalized spacial score (nSPS) is 21.8. The third kappa shape index (κ3) is 3.32. The molecule has 2 N–H and O–H groups in total. The van der Waals surface area contributed by atoms with Gasteiger partial charge in [0.05, 0.1) is 12.1 Å². The van der Waals surface area contributed by atoms with E-state index in [0.29, 0.717) is 18.4 Å². The van der Waals surface area contributed by atoms with E-state index >= 15 is 0 Å². The van der Waals surface area contributed by atoms with Crippen molar-refractivity contribution in [2.45, 2.75) is 24.8 Å². The summed E-state index contributed by atoms with van der Waals surface area (Å²) in [6.45, 7) is 0. The number of aromatic nitrogens is 2. The van der Waals surface area contributed by atoms with Crippen LogP contribution in [-0.2, 0) is 11.2 Å². The molecule has 2 heterocycles. The van der Waals surface area contributed by atoms with Crippen LogP contribution in [0.1, 0.15) is 40.0 Å². The fourth-order valence-electron chi connectivity index (χ4n) is 3.92. The second-order valence-electron chi connectivity index (χ2n) is 7.46. The van der Waals surface area contributed by atoms with Gasteiger partial charge in [-0.2, -0.15) is 0 Å². The molecule has 9 heteroatoms. The number of amides is 2. The third-order valence-electron chi connectivity index (χ3n) is 5.43. The molecule has 1 aliphatic carbocycles. The number of hydrogen-bond acceptors (Lipinski definition) is 5. The number of nitrogens with zero attached hydrogens (tertiary/aromatic N) is 2. The van der Waals surface area contributed by atoms with Gasteiger partial charge in [0.1, 0.15) is 17.7 Å². The summed E-state index contributed by atoms with van der Waals surface area (Å²) in [6.07, 6.45) is 0.910. The molecule has 0 unspecified atom stereocenters. The van der Waals surface area contributed by atoms with Crippen molar-refractivity contribution >= 4 is 17.5 Å². The third-order valence-corrected chi connectivity index (χ3v) is 5.43. The first-order chi connectivity index (χ1) is 14.5. The Hall–Kier alpha value is -3.62. The molecular formula is C21H16F2N4O3. The Kier molecular flexibility index (Phi) is 4.30. The quantitative estimate of drug-likeness (QED) is 0.690. The molecule has 5 rings (SSSR count). The minimum atomic E-state index is -0.915. The summed E-state index contributed by atoms with van der Waals surface area (Å²) in [5.74, 6) is -3.26. The number of benzene rings is 2. The van der Waals surface area contributed by atoms with Gasteiger partial charge in [0.25, 0.3) is 0 Å². The van der Waals surface area contributed by atoms with Crippen LogP contribution in [0.15, 0.2) is 46.9 Å². The van der Waals surface area contributed by atoms with E-state index in [4.69, 9.17) is 4.42 Å². The predicted molar refractivity (Wildman–Crippen MR) is 101 cm³/mol. The predicted octanol–water partition coefficient (Wildman–Crippen LogP) is 2.79. The lowest BCUT2D eigenvalue weighted by Gasteiger charge is -2.15. The van der Waals surface area contributed by atoms with Gasteiger partial charge in [-0.15, -0.1) is 10.2 Å². The highest BCUT2D eigenvalue weighted by Crippen LogP contribution is 2.54. The van der Waals surface area contributed by atoms with Crippen molar-refractivity contribution < 1.29 is 22.8 Å². The molecule has 1 saturated carbocycles. The van der Waals surface area contributed by atoms with Gasteiger partial charge in [0, 0.05) is 6.07 Å². The number of nitrogens with one attached hydrogen (secondary N) is 2. The average Bonchev–Trinajstić information content (AvgIpc) is 3.39. The lowest BCUT2D eigenvalue weighted by Crippen LogP contribution is -2.45. The molecule has 0 radical (unpaired) electrons. The smallest absolute Gasteiger partial charge is 0.309 e.